The standard InChI is InChI=1S/C21H28N4O2/c1-5-22-20(26)16-10-11-23-19(14-16)24-12-13-25(21(2,3)15-24)17-8-6-7-9-18(17)27-4/h6-11,14H,5,12-13,15H2,1-4H3,(H,22,26). The van der Waals surface area contributed by atoms with Gasteiger partial charge in [0.2, 0.25) is 0 Å². The van der Waals surface area contributed by atoms with Crippen molar-refractivity contribution in [2.24, 2.45) is 0 Å². The molecule has 1 aromatic carbocycles. The van der Waals surface area contributed by atoms with Gasteiger partial charge in [0, 0.05) is 37.9 Å². The Morgan fingerprint density at radius 1 is 1.26 bits per heavy atom. The summed E-state index contributed by atoms with van der Waals surface area (Å²) >= 11 is 0. The van der Waals surface area contributed by atoms with E-state index in [1.165, 1.54) is 0 Å². The lowest BCUT2D eigenvalue weighted by molar-refractivity contribution is 0.0955. The summed E-state index contributed by atoms with van der Waals surface area (Å²) in [6.07, 6.45) is 1.71. The zero-order valence-electron chi connectivity index (χ0n) is 16.5. The summed E-state index contributed by atoms with van der Waals surface area (Å²) in [7, 11) is 1.71. The molecule has 0 atom stereocenters. The first kappa shape index (κ1) is 19.0. The third-order valence-corrected chi connectivity index (χ3v) is 4.95. The monoisotopic (exact) mass is 368 g/mol. The van der Waals surface area contributed by atoms with Gasteiger partial charge in [-0.1, -0.05) is 12.1 Å². The molecule has 0 spiro atoms. The highest BCUT2D eigenvalue weighted by molar-refractivity contribution is 5.94. The van der Waals surface area contributed by atoms with Crippen molar-refractivity contribution in [3.8, 4) is 5.75 Å². The van der Waals surface area contributed by atoms with Crippen LogP contribution in [0.2, 0.25) is 0 Å². The number of carbonyl (C=O) groups is 1. The zero-order valence-corrected chi connectivity index (χ0v) is 16.5. The van der Waals surface area contributed by atoms with Gasteiger partial charge in [-0.15, -0.1) is 0 Å². The van der Waals surface area contributed by atoms with Gasteiger partial charge in [0.05, 0.1) is 18.3 Å². The third kappa shape index (κ3) is 3.99. The number of nitrogens with one attached hydrogen (secondary N) is 1. The second-order valence-corrected chi connectivity index (χ2v) is 7.32. The zero-order chi connectivity index (χ0) is 19.4. The number of amides is 1. The lowest BCUT2D eigenvalue weighted by atomic mass is 9.97. The maximum absolute atomic E-state index is 12.1. The average molecular weight is 368 g/mol. The molecule has 0 unspecified atom stereocenters. The van der Waals surface area contributed by atoms with Crippen LogP contribution in [0, 0.1) is 0 Å². The van der Waals surface area contributed by atoms with Gasteiger partial charge in [0.15, 0.2) is 0 Å². The molecule has 2 aromatic rings. The van der Waals surface area contributed by atoms with Crippen LogP contribution in [0.1, 0.15) is 31.1 Å². The number of pyridine rings is 1. The van der Waals surface area contributed by atoms with E-state index in [0.717, 1.165) is 36.9 Å². The molecule has 3 rings (SSSR count). The normalized spacial score (nSPS) is 16.1. The van der Waals surface area contributed by atoms with Gasteiger partial charge in [-0.2, -0.15) is 0 Å². The van der Waals surface area contributed by atoms with E-state index in [0.29, 0.717) is 12.1 Å². The molecule has 0 saturated carbocycles. The lowest BCUT2D eigenvalue weighted by Crippen LogP contribution is -2.60. The molecule has 27 heavy (non-hydrogen) atoms. The van der Waals surface area contributed by atoms with Gasteiger partial charge in [-0.25, -0.2) is 4.98 Å². The molecule has 1 saturated heterocycles. The topological polar surface area (TPSA) is 57.7 Å². The van der Waals surface area contributed by atoms with Crippen molar-refractivity contribution < 1.29 is 9.53 Å². The molecule has 0 aliphatic carbocycles. The summed E-state index contributed by atoms with van der Waals surface area (Å²) in [5, 5.41) is 2.84. The van der Waals surface area contributed by atoms with Gasteiger partial charge in [-0.3, -0.25) is 4.79 Å². The van der Waals surface area contributed by atoms with Crippen LogP contribution in [-0.4, -0.2) is 49.7 Å². The summed E-state index contributed by atoms with van der Waals surface area (Å²) in [5.74, 6) is 1.66. The number of hydrogen-bond donors (Lipinski definition) is 1. The Labute approximate surface area is 161 Å². The summed E-state index contributed by atoms with van der Waals surface area (Å²) < 4.78 is 5.56. The van der Waals surface area contributed by atoms with Gasteiger partial charge in [0.25, 0.3) is 5.91 Å². The SMILES string of the molecule is CCNC(=O)c1ccnc(N2CCN(c3ccccc3OC)C(C)(C)C2)c1. The molecule has 1 aromatic heterocycles. The van der Waals surface area contributed by atoms with Crippen molar-refractivity contribution in [2.45, 2.75) is 26.3 Å². The van der Waals surface area contributed by atoms with E-state index in [4.69, 9.17) is 4.74 Å². The number of piperazine rings is 1. The minimum atomic E-state index is -0.115. The minimum absolute atomic E-state index is 0.0620. The van der Waals surface area contributed by atoms with Crippen molar-refractivity contribution in [3.05, 3.63) is 48.2 Å². The third-order valence-electron chi connectivity index (χ3n) is 4.95. The number of hydrogen-bond acceptors (Lipinski definition) is 5. The average Bonchev–Trinajstić information content (AvgIpc) is 2.67. The molecule has 1 N–H and O–H groups in total. The van der Waals surface area contributed by atoms with E-state index in [1.54, 1.807) is 19.4 Å². The van der Waals surface area contributed by atoms with Crippen molar-refractivity contribution in [1.82, 2.24) is 10.3 Å². The Bertz CT molecular complexity index is 806. The molecule has 1 amide bonds. The molecular weight excluding hydrogens is 340 g/mol. The van der Waals surface area contributed by atoms with Crippen LogP contribution in [0.3, 0.4) is 0 Å². The van der Waals surface area contributed by atoms with Crippen molar-refractivity contribution in [3.63, 3.8) is 0 Å². The molecule has 1 aliphatic rings. The van der Waals surface area contributed by atoms with E-state index in [2.05, 4.69) is 40.0 Å². The maximum Gasteiger partial charge on any atom is 0.251 e. The van der Waals surface area contributed by atoms with Gasteiger partial charge in [-0.05, 0) is 45.0 Å². The van der Waals surface area contributed by atoms with E-state index in [-0.39, 0.29) is 11.4 Å². The second-order valence-electron chi connectivity index (χ2n) is 7.32. The molecule has 6 nitrogen and oxygen atoms in total. The first-order chi connectivity index (χ1) is 13.0. The van der Waals surface area contributed by atoms with Crippen LogP contribution < -0.4 is 19.9 Å². The molecule has 0 radical (unpaired) electrons. The van der Waals surface area contributed by atoms with Gasteiger partial charge in [0.1, 0.15) is 11.6 Å². The number of methoxy groups -OCH3 is 1. The highest BCUT2D eigenvalue weighted by Gasteiger charge is 2.35. The highest BCUT2D eigenvalue weighted by Crippen LogP contribution is 2.35. The van der Waals surface area contributed by atoms with Crippen LogP contribution in [0.5, 0.6) is 5.75 Å². The fourth-order valence-corrected chi connectivity index (χ4v) is 3.64. The number of aromatic nitrogens is 1. The summed E-state index contributed by atoms with van der Waals surface area (Å²) in [5.41, 5.74) is 1.64. The van der Waals surface area contributed by atoms with E-state index >= 15 is 0 Å². The Hall–Kier alpha value is -2.76. The summed E-state index contributed by atoms with van der Waals surface area (Å²) in [6, 6.07) is 11.8. The van der Waals surface area contributed by atoms with Gasteiger partial charge < -0.3 is 19.9 Å². The van der Waals surface area contributed by atoms with Crippen molar-refractivity contribution in [1.29, 1.82) is 0 Å². The lowest BCUT2D eigenvalue weighted by Gasteiger charge is -2.49. The van der Waals surface area contributed by atoms with Crippen molar-refractivity contribution >= 4 is 17.4 Å². The quantitative estimate of drug-likeness (QED) is 0.879. The van der Waals surface area contributed by atoms with Crippen molar-refractivity contribution in [2.75, 3.05) is 43.1 Å². The number of nitrogens with zero attached hydrogens (tertiary/aromatic N) is 3. The number of carbonyl (C=O) groups excluding carboxylic acids is 1. The minimum Gasteiger partial charge on any atom is -0.495 e. The number of para-hydroxylation sites is 2. The maximum atomic E-state index is 12.1. The molecule has 6 heteroatoms. The fraction of sp³-hybridized carbons (Fsp3) is 0.429. The largest absolute Gasteiger partial charge is 0.495 e. The van der Waals surface area contributed by atoms with Crippen LogP contribution in [0.4, 0.5) is 11.5 Å². The first-order valence-electron chi connectivity index (χ1n) is 9.36. The first-order valence-corrected chi connectivity index (χ1v) is 9.36. The van der Waals surface area contributed by atoms with E-state index < -0.39 is 0 Å². The predicted molar refractivity (Wildman–Crippen MR) is 109 cm³/mol. The number of ether oxygens (including phenoxy) is 1. The summed E-state index contributed by atoms with van der Waals surface area (Å²) in [6.45, 7) is 9.45. The molecule has 0 bridgehead atoms. The van der Waals surface area contributed by atoms with Crippen LogP contribution in [0.15, 0.2) is 42.6 Å². The van der Waals surface area contributed by atoms with Crippen LogP contribution in [-0.2, 0) is 0 Å². The Balaban J connectivity index is 1.81. The second kappa shape index (κ2) is 7.86. The molecule has 144 valence electrons. The number of benzene rings is 1. The van der Waals surface area contributed by atoms with E-state index in [1.807, 2.05) is 31.2 Å². The Morgan fingerprint density at radius 2 is 2.04 bits per heavy atom. The Kier molecular flexibility index (Phi) is 5.54. The number of anilines is 2. The smallest absolute Gasteiger partial charge is 0.251 e. The summed E-state index contributed by atoms with van der Waals surface area (Å²) in [4.78, 5) is 21.3. The van der Waals surface area contributed by atoms with Gasteiger partial charge >= 0.3 is 0 Å². The number of rotatable bonds is 5. The highest BCUT2D eigenvalue weighted by atomic mass is 16.5. The molecular formula is C21H28N4O2. The van der Waals surface area contributed by atoms with Crippen LogP contribution >= 0.6 is 0 Å². The van der Waals surface area contributed by atoms with E-state index in [9.17, 15) is 4.79 Å². The fourth-order valence-electron chi connectivity index (χ4n) is 3.64. The Morgan fingerprint density at radius 3 is 2.74 bits per heavy atom. The molecule has 1 fully saturated rings. The van der Waals surface area contributed by atoms with Crippen LogP contribution in [0.25, 0.3) is 0 Å². The molecule has 1 aliphatic heterocycles. The predicted octanol–water partition coefficient (Wildman–Crippen LogP) is 2.95. The molecule has 2 heterocycles.